The maximum Gasteiger partial charge on any atom is 0.314 e. The third kappa shape index (κ3) is 1.70. The Bertz CT molecular complexity index is 467. The minimum absolute atomic E-state index is 0.00999. The van der Waals surface area contributed by atoms with Crippen LogP contribution >= 0.6 is 0 Å². The summed E-state index contributed by atoms with van der Waals surface area (Å²) in [5.74, 6) is 1.46. The summed E-state index contributed by atoms with van der Waals surface area (Å²) >= 11 is 0. The van der Waals surface area contributed by atoms with Crippen LogP contribution in [-0.4, -0.2) is 11.1 Å². The Morgan fingerprint density at radius 3 is 2.94 bits per heavy atom. The zero-order valence-electron chi connectivity index (χ0n) is 9.85. The highest BCUT2D eigenvalue weighted by molar-refractivity contribution is 5.79. The number of phenolic OH excluding ortho intramolecular Hbond substituents is 1. The molecule has 2 aliphatic rings. The van der Waals surface area contributed by atoms with Crippen LogP contribution in [0.1, 0.15) is 37.7 Å². The summed E-state index contributed by atoms with van der Waals surface area (Å²) in [6.45, 7) is 2.19. The maximum atomic E-state index is 11.9. The molecule has 0 spiro atoms. The average molecular weight is 232 g/mol. The molecule has 1 saturated carbocycles. The van der Waals surface area contributed by atoms with Crippen molar-refractivity contribution < 1.29 is 14.6 Å². The summed E-state index contributed by atoms with van der Waals surface area (Å²) in [6.07, 6.45) is 3.12. The SMILES string of the molecule is C[C@@H]1CC[C@H]2c3ccc(O)cc3OC(=O)[C@@H]2C1. The van der Waals surface area contributed by atoms with E-state index in [1.807, 2.05) is 6.07 Å². The van der Waals surface area contributed by atoms with Crippen molar-refractivity contribution in [2.75, 3.05) is 0 Å². The molecule has 90 valence electrons. The van der Waals surface area contributed by atoms with Gasteiger partial charge in [-0.3, -0.25) is 4.79 Å². The van der Waals surface area contributed by atoms with Crippen LogP contribution in [0.15, 0.2) is 18.2 Å². The van der Waals surface area contributed by atoms with Crippen LogP contribution in [0.25, 0.3) is 0 Å². The summed E-state index contributed by atoms with van der Waals surface area (Å²) in [6, 6.07) is 5.11. The quantitative estimate of drug-likeness (QED) is 0.552. The average Bonchev–Trinajstić information content (AvgIpc) is 2.29. The highest BCUT2D eigenvalue weighted by atomic mass is 16.5. The molecule has 3 nitrogen and oxygen atoms in total. The zero-order valence-corrected chi connectivity index (χ0v) is 9.85. The lowest BCUT2D eigenvalue weighted by Crippen LogP contribution is -2.35. The predicted octanol–water partition coefficient (Wildman–Crippen LogP) is 2.83. The van der Waals surface area contributed by atoms with Crippen LogP contribution < -0.4 is 4.74 Å². The first-order chi connectivity index (χ1) is 8.15. The molecule has 3 rings (SSSR count). The normalized spacial score (nSPS) is 31.4. The highest BCUT2D eigenvalue weighted by Gasteiger charge is 2.40. The molecular formula is C14H16O3. The lowest BCUT2D eigenvalue weighted by Gasteiger charge is -2.37. The largest absolute Gasteiger partial charge is 0.508 e. The molecule has 1 fully saturated rings. The molecule has 17 heavy (non-hydrogen) atoms. The van der Waals surface area contributed by atoms with Gasteiger partial charge >= 0.3 is 5.97 Å². The van der Waals surface area contributed by atoms with Gasteiger partial charge in [-0.25, -0.2) is 0 Å². The second kappa shape index (κ2) is 3.76. The van der Waals surface area contributed by atoms with Crippen LogP contribution in [0.2, 0.25) is 0 Å². The fourth-order valence-corrected chi connectivity index (χ4v) is 3.12. The number of benzene rings is 1. The molecule has 1 N–H and O–H groups in total. The highest BCUT2D eigenvalue weighted by Crippen LogP contribution is 2.47. The smallest absolute Gasteiger partial charge is 0.314 e. The van der Waals surface area contributed by atoms with Crippen molar-refractivity contribution >= 4 is 5.97 Å². The molecule has 1 aromatic carbocycles. The summed E-state index contributed by atoms with van der Waals surface area (Å²) in [5.41, 5.74) is 1.08. The van der Waals surface area contributed by atoms with Crippen LogP contribution in [-0.2, 0) is 4.79 Å². The number of rotatable bonds is 0. The van der Waals surface area contributed by atoms with Crippen molar-refractivity contribution in [1.82, 2.24) is 0 Å². The number of hydrogen-bond acceptors (Lipinski definition) is 3. The molecule has 1 heterocycles. The molecule has 0 aromatic heterocycles. The number of phenols is 1. The van der Waals surface area contributed by atoms with Crippen molar-refractivity contribution in [3.63, 3.8) is 0 Å². The number of aromatic hydroxyl groups is 1. The van der Waals surface area contributed by atoms with Gasteiger partial charge in [0.25, 0.3) is 0 Å². The fourth-order valence-electron chi connectivity index (χ4n) is 3.12. The zero-order chi connectivity index (χ0) is 12.0. The Kier molecular flexibility index (Phi) is 2.35. The summed E-state index contributed by atoms with van der Waals surface area (Å²) < 4.78 is 5.33. The number of ether oxygens (including phenoxy) is 1. The molecule has 1 aliphatic heterocycles. The van der Waals surface area contributed by atoms with E-state index in [0.717, 1.165) is 24.8 Å². The molecule has 3 atom stereocenters. The number of carbonyl (C=O) groups excluding carboxylic acids is 1. The van der Waals surface area contributed by atoms with E-state index in [1.165, 1.54) is 0 Å². The van der Waals surface area contributed by atoms with Crippen LogP contribution in [0.5, 0.6) is 11.5 Å². The standard InChI is InChI=1S/C14H16O3/c1-8-2-4-10-11-5-3-9(15)7-13(11)17-14(16)12(10)6-8/h3,5,7-8,10,12,15H,2,4,6H2,1H3/t8-,10+,12-/m1/s1. The van der Waals surface area contributed by atoms with Gasteiger partial charge in [-0.2, -0.15) is 0 Å². The molecule has 0 unspecified atom stereocenters. The van der Waals surface area contributed by atoms with Crippen LogP contribution in [0, 0.1) is 11.8 Å². The van der Waals surface area contributed by atoms with Gasteiger partial charge in [0.05, 0.1) is 5.92 Å². The Morgan fingerprint density at radius 1 is 1.29 bits per heavy atom. The summed E-state index contributed by atoms with van der Waals surface area (Å²) in [4.78, 5) is 11.9. The van der Waals surface area contributed by atoms with E-state index in [9.17, 15) is 9.90 Å². The molecule has 0 amide bonds. The molecule has 1 aromatic rings. The number of fused-ring (bicyclic) bond motifs is 3. The maximum absolute atomic E-state index is 11.9. The van der Waals surface area contributed by atoms with Crippen LogP contribution in [0.3, 0.4) is 0 Å². The monoisotopic (exact) mass is 232 g/mol. The summed E-state index contributed by atoms with van der Waals surface area (Å²) in [5, 5.41) is 9.42. The lowest BCUT2D eigenvalue weighted by atomic mass is 9.70. The second-order valence-corrected chi connectivity index (χ2v) is 5.27. The fraction of sp³-hybridized carbons (Fsp3) is 0.500. The van der Waals surface area contributed by atoms with Gasteiger partial charge < -0.3 is 9.84 Å². The third-order valence-corrected chi connectivity index (χ3v) is 4.02. The van der Waals surface area contributed by atoms with Gasteiger partial charge in [-0.15, -0.1) is 0 Å². The van der Waals surface area contributed by atoms with E-state index in [2.05, 4.69) is 6.92 Å². The van der Waals surface area contributed by atoms with Gasteiger partial charge in [-0.05, 0) is 30.4 Å². The first-order valence-corrected chi connectivity index (χ1v) is 6.20. The minimum Gasteiger partial charge on any atom is -0.508 e. The molecule has 0 saturated heterocycles. The van der Waals surface area contributed by atoms with E-state index in [1.54, 1.807) is 12.1 Å². The third-order valence-electron chi connectivity index (χ3n) is 4.02. The Hall–Kier alpha value is -1.51. The number of hydrogen-bond donors (Lipinski definition) is 1. The first-order valence-electron chi connectivity index (χ1n) is 6.20. The molecule has 3 heteroatoms. The van der Waals surface area contributed by atoms with Crippen molar-refractivity contribution in [3.05, 3.63) is 23.8 Å². The molecule has 0 bridgehead atoms. The van der Waals surface area contributed by atoms with E-state index in [4.69, 9.17) is 4.74 Å². The van der Waals surface area contributed by atoms with E-state index >= 15 is 0 Å². The molecular weight excluding hydrogens is 216 g/mol. The van der Waals surface area contributed by atoms with E-state index in [-0.39, 0.29) is 23.6 Å². The van der Waals surface area contributed by atoms with Crippen molar-refractivity contribution in [2.24, 2.45) is 11.8 Å². The number of carbonyl (C=O) groups is 1. The van der Waals surface area contributed by atoms with Gasteiger partial charge in [0, 0.05) is 12.0 Å². The minimum atomic E-state index is -0.125. The van der Waals surface area contributed by atoms with E-state index in [0.29, 0.717) is 11.7 Å². The van der Waals surface area contributed by atoms with Crippen molar-refractivity contribution in [2.45, 2.75) is 32.1 Å². The lowest BCUT2D eigenvalue weighted by molar-refractivity contribution is -0.143. The Balaban J connectivity index is 2.02. The topological polar surface area (TPSA) is 46.5 Å². The number of esters is 1. The van der Waals surface area contributed by atoms with Gasteiger partial charge in [0.1, 0.15) is 11.5 Å². The second-order valence-electron chi connectivity index (χ2n) is 5.27. The first kappa shape index (κ1) is 10.6. The van der Waals surface area contributed by atoms with E-state index < -0.39 is 0 Å². The Morgan fingerprint density at radius 2 is 2.12 bits per heavy atom. The van der Waals surface area contributed by atoms with Gasteiger partial charge in [0.15, 0.2) is 0 Å². The molecule has 0 radical (unpaired) electrons. The molecule has 1 aliphatic carbocycles. The predicted molar refractivity (Wildman–Crippen MR) is 63.0 cm³/mol. The van der Waals surface area contributed by atoms with Gasteiger partial charge in [0.2, 0.25) is 0 Å². The van der Waals surface area contributed by atoms with Crippen molar-refractivity contribution in [3.8, 4) is 11.5 Å². The van der Waals surface area contributed by atoms with Gasteiger partial charge in [-0.1, -0.05) is 19.4 Å². The van der Waals surface area contributed by atoms with Crippen LogP contribution in [0.4, 0.5) is 0 Å². The summed E-state index contributed by atoms with van der Waals surface area (Å²) in [7, 11) is 0. The van der Waals surface area contributed by atoms with Crippen molar-refractivity contribution in [1.29, 1.82) is 0 Å². The Labute approximate surface area is 100 Å².